The summed E-state index contributed by atoms with van der Waals surface area (Å²) >= 11 is 0. The molecule has 3 aromatic rings. The molecule has 1 fully saturated rings. The zero-order valence-corrected chi connectivity index (χ0v) is 18.9. The highest BCUT2D eigenvalue weighted by atomic mass is 19.2. The zero-order valence-electron chi connectivity index (χ0n) is 18.9. The molecular weight excluding hydrogens is 424 g/mol. The molecule has 1 saturated carbocycles. The first-order valence-corrected chi connectivity index (χ1v) is 11.3. The number of nitrogens with zero attached hydrogens (tertiary/aromatic N) is 3. The Hall–Kier alpha value is -3.29. The summed E-state index contributed by atoms with van der Waals surface area (Å²) in [5, 5.41) is 7.45. The molecule has 6 nitrogen and oxygen atoms in total. The molecule has 0 spiro atoms. The van der Waals surface area contributed by atoms with E-state index in [1.54, 1.807) is 0 Å². The maximum Gasteiger partial charge on any atom is 0.225 e. The number of para-hydroxylation sites is 1. The summed E-state index contributed by atoms with van der Waals surface area (Å²) in [5.41, 5.74) is 1.38. The van der Waals surface area contributed by atoms with Crippen molar-refractivity contribution in [2.24, 2.45) is 5.92 Å². The molecular formula is C25H29F2N5O. The highest BCUT2D eigenvalue weighted by Gasteiger charge is 2.23. The number of amides is 1. The molecule has 2 N–H and O–H groups in total. The Labute approximate surface area is 192 Å². The summed E-state index contributed by atoms with van der Waals surface area (Å²) in [4.78, 5) is 23.6. The summed E-state index contributed by atoms with van der Waals surface area (Å²) in [6, 6.07) is 11.8. The first kappa shape index (κ1) is 22.9. The van der Waals surface area contributed by atoms with E-state index in [0.29, 0.717) is 24.0 Å². The van der Waals surface area contributed by atoms with E-state index in [0.717, 1.165) is 54.5 Å². The molecule has 174 valence electrons. The summed E-state index contributed by atoms with van der Waals surface area (Å²) in [6.07, 6.45) is 3.95. The second-order valence-corrected chi connectivity index (χ2v) is 8.87. The van der Waals surface area contributed by atoms with Crippen LogP contribution in [0.2, 0.25) is 0 Å². The van der Waals surface area contributed by atoms with Crippen molar-refractivity contribution in [2.45, 2.75) is 38.1 Å². The van der Waals surface area contributed by atoms with E-state index in [1.807, 2.05) is 43.3 Å². The van der Waals surface area contributed by atoms with E-state index >= 15 is 0 Å². The fourth-order valence-corrected chi connectivity index (χ4v) is 4.31. The van der Waals surface area contributed by atoms with Crippen LogP contribution in [0.4, 0.5) is 20.5 Å². The van der Waals surface area contributed by atoms with Crippen molar-refractivity contribution in [1.82, 2.24) is 15.3 Å². The molecule has 1 aliphatic rings. The number of carbonyl (C=O) groups excluding carboxylic acids is 1. The Morgan fingerprint density at radius 3 is 2.52 bits per heavy atom. The van der Waals surface area contributed by atoms with Gasteiger partial charge in [-0.25, -0.2) is 13.8 Å². The Kier molecular flexibility index (Phi) is 7.01. The van der Waals surface area contributed by atoms with Crippen molar-refractivity contribution in [1.29, 1.82) is 0 Å². The highest BCUT2D eigenvalue weighted by Crippen LogP contribution is 2.28. The minimum absolute atomic E-state index is 0.0433. The van der Waals surface area contributed by atoms with Crippen molar-refractivity contribution >= 4 is 28.6 Å². The molecule has 0 unspecified atom stereocenters. The predicted molar refractivity (Wildman–Crippen MR) is 126 cm³/mol. The largest absolute Gasteiger partial charge is 0.362 e. The van der Waals surface area contributed by atoms with Gasteiger partial charge in [0, 0.05) is 32.1 Å². The van der Waals surface area contributed by atoms with Gasteiger partial charge in [-0.05, 0) is 61.4 Å². The Bertz CT molecular complexity index is 1130. The minimum Gasteiger partial charge on any atom is -0.362 e. The quantitative estimate of drug-likeness (QED) is 0.558. The SMILES string of the molecule is CN(C)c1nc(N[C@H]2CC[C@@H](CNC(=O)Cc3ccc(F)c(F)c3)CC2)nc2ccccc12. The topological polar surface area (TPSA) is 70.2 Å². The summed E-state index contributed by atoms with van der Waals surface area (Å²) in [7, 11) is 3.95. The van der Waals surface area contributed by atoms with Gasteiger partial charge in [0.25, 0.3) is 0 Å². The first-order valence-electron chi connectivity index (χ1n) is 11.3. The number of aromatic nitrogens is 2. The number of hydrogen-bond donors (Lipinski definition) is 2. The van der Waals surface area contributed by atoms with Crippen molar-refractivity contribution in [3.8, 4) is 0 Å². The maximum absolute atomic E-state index is 13.3. The Balaban J connectivity index is 1.27. The van der Waals surface area contributed by atoms with Gasteiger partial charge >= 0.3 is 0 Å². The lowest BCUT2D eigenvalue weighted by Gasteiger charge is -2.29. The van der Waals surface area contributed by atoms with Crippen molar-refractivity contribution in [3.63, 3.8) is 0 Å². The number of halogens is 2. The van der Waals surface area contributed by atoms with E-state index in [4.69, 9.17) is 4.98 Å². The Morgan fingerprint density at radius 2 is 1.79 bits per heavy atom. The fraction of sp³-hybridized carbons (Fsp3) is 0.400. The molecule has 8 heteroatoms. The number of nitrogens with one attached hydrogen (secondary N) is 2. The van der Waals surface area contributed by atoms with Crippen LogP contribution in [0, 0.1) is 17.6 Å². The third-order valence-electron chi connectivity index (χ3n) is 6.12. The molecule has 33 heavy (non-hydrogen) atoms. The first-order chi connectivity index (χ1) is 15.9. The van der Waals surface area contributed by atoms with Crippen molar-refractivity contribution < 1.29 is 13.6 Å². The molecule has 2 aromatic carbocycles. The van der Waals surface area contributed by atoms with E-state index in [9.17, 15) is 13.6 Å². The molecule has 1 aliphatic carbocycles. The molecule has 1 heterocycles. The third kappa shape index (κ3) is 5.74. The molecule has 1 amide bonds. The van der Waals surface area contributed by atoms with Gasteiger partial charge in [0.15, 0.2) is 11.6 Å². The van der Waals surface area contributed by atoms with Gasteiger partial charge in [-0.15, -0.1) is 0 Å². The van der Waals surface area contributed by atoms with Crippen LogP contribution in [0.1, 0.15) is 31.2 Å². The minimum atomic E-state index is -0.931. The number of hydrogen-bond acceptors (Lipinski definition) is 5. The lowest BCUT2D eigenvalue weighted by molar-refractivity contribution is -0.120. The van der Waals surface area contributed by atoms with E-state index < -0.39 is 11.6 Å². The highest BCUT2D eigenvalue weighted by molar-refractivity contribution is 5.90. The Morgan fingerprint density at radius 1 is 1.03 bits per heavy atom. The van der Waals surface area contributed by atoms with Crippen LogP contribution in [-0.2, 0) is 11.2 Å². The van der Waals surface area contributed by atoms with Gasteiger partial charge in [-0.2, -0.15) is 4.98 Å². The van der Waals surface area contributed by atoms with Gasteiger partial charge < -0.3 is 15.5 Å². The molecule has 0 atom stereocenters. The molecule has 0 saturated heterocycles. The van der Waals surface area contributed by atoms with Crippen molar-refractivity contribution in [3.05, 3.63) is 59.7 Å². The van der Waals surface area contributed by atoms with Crippen LogP contribution in [0.25, 0.3) is 10.9 Å². The predicted octanol–water partition coefficient (Wildman–Crippen LogP) is 4.30. The lowest BCUT2D eigenvalue weighted by atomic mass is 9.86. The molecule has 0 radical (unpaired) electrons. The van der Waals surface area contributed by atoms with Crippen LogP contribution in [-0.4, -0.2) is 42.6 Å². The monoisotopic (exact) mass is 453 g/mol. The van der Waals surface area contributed by atoms with E-state index in [2.05, 4.69) is 15.6 Å². The number of fused-ring (bicyclic) bond motifs is 1. The third-order valence-corrected chi connectivity index (χ3v) is 6.12. The standard InChI is InChI=1S/C25H29F2N5O/c1-32(2)24-19-5-3-4-6-22(19)30-25(31-24)29-18-10-7-16(8-11-18)15-28-23(33)14-17-9-12-20(26)21(27)13-17/h3-6,9,12-13,16,18H,7-8,10-11,14-15H2,1-2H3,(H,28,33)(H,29,30,31)/t16-,18+. The van der Waals surface area contributed by atoms with Crippen LogP contribution in [0.5, 0.6) is 0 Å². The number of anilines is 2. The average molecular weight is 454 g/mol. The molecule has 0 aliphatic heterocycles. The van der Waals surface area contributed by atoms with E-state index in [-0.39, 0.29) is 18.4 Å². The number of carbonyl (C=O) groups is 1. The average Bonchev–Trinajstić information content (AvgIpc) is 2.80. The van der Waals surface area contributed by atoms with Crippen LogP contribution >= 0.6 is 0 Å². The van der Waals surface area contributed by atoms with Crippen LogP contribution in [0.3, 0.4) is 0 Å². The van der Waals surface area contributed by atoms with E-state index in [1.165, 1.54) is 6.07 Å². The van der Waals surface area contributed by atoms with Gasteiger partial charge in [-0.3, -0.25) is 4.79 Å². The summed E-state index contributed by atoms with van der Waals surface area (Å²) in [6.45, 7) is 0.590. The normalized spacial score (nSPS) is 18.2. The van der Waals surface area contributed by atoms with Gasteiger partial charge in [0.2, 0.25) is 11.9 Å². The van der Waals surface area contributed by atoms with Crippen LogP contribution in [0.15, 0.2) is 42.5 Å². The molecule has 0 bridgehead atoms. The number of benzene rings is 2. The second kappa shape index (κ2) is 10.1. The molecule has 4 rings (SSSR count). The van der Waals surface area contributed by atoms with Gasteiger partial charge in [-0.1, -0.05) is 18.2 Å². The fourth-order valence-electron chi connectivity index (χ4n) is 4.31. The summed E-state index contributed by atoms with van der Waals surface area (Å²) in [5.74, 6) is -0.0918. The number of rotatable bonds is 7. The van der Waals surface area contributed by atoms with Gasteiger partial charge in [0.05, 0.1) is 11.9 Å². The molecule has 1 aromatic heterocycles. The van der Waals surface area contributed by atoms with Gasteiger partial charge in [0.1, 0.15) is 5.82 Å². The zero-order chi connectivity index (χ0) is 23.4. The summed E-state index contributed by atoms with van der Waals surface area (Å²) < 4.78 is 26.3. The maximum atomic E-state index is 13.3. The lowest BCUT2D eigenvalue weighted by Crippen LogP contribution is -2.34. The van der Waals surface area contributed by atoms with Crippen molar-refractivity contribution in [2.75, 3.05) is 30.9 Å². The smallest absolute Gasteiger partial charge is 0.225 e. The second-order valence-electron chi connectivity index (χ2n) is 8.87. The van der Waals surface area contributed by atoms with Crippen LogP contribution < -0.4 is 15.5 Å².